The van der Waals surface area contributed by atoms with Crippen molar-refractivity contribution in [2.24, 2.45) is 19.1 Å². The van der Waals surface area contributed by atoms with E-state index in [9.17, 15) is 4.79 Å². The van der Waals surface area contributed by atoms with Crippen LogP contribution < -0.4 is 5.69 Å². The first-order valence-electron chi connectivity index (χ1n) is 15.5. The molecule has 0 fully saturated rings. The fourth-order valence-corrected chi connectivity index (χ4v) is 7.08. The van der Waals surface area contributed by atoms with E-state index in [4.69, 9.17) is 10.3 Å². The number of aryl methyl sites for hydroxylation is 2. The molecule has 0 bridgehead atoms. The minimum absolute atomic E-state index is 0.0297. The molecule has 0 amide bonds. The minimum atomic E-state index is -0.357. The SMILES string of the molecule is Cn1c(=O)n(C)c2cc(-c3cccc(C4=CC(c5ccc6c(c5)-c5cccc7cccc-6c57)=NC(c5ccccc5)[N-]4)c3)ccc21. The summed E-state index contributed by atoms with van der Waals surface area (Å²) < 4.78 is 3.38. The molecule has 46 heavy (non-hydrogen) atoms. The quantitative estimate of drug-likeness (QED) is 0.201. The Hall–Kier alpha value is -5.94. The number of hydrogen-bond acceptors (Lipinski definition) is 2. The Morgan fingerprint density at radius 3 is 2.11 bits per heavy atom. The van der Waals surface area contributed by atoms with Crippen LogP contribution >= 0.6 is 0 Å². The van der Waals surface area contributed by atoms with Gasteiger partial charge in [0.15, 0.2) is 0 Å². The lowest BCUT2D eigenvalue weighted by Gasteiger charge is -2.37. The van der Waals surface area contributed by atoms with Crippen LogP contribution in [-0.2, 0) is 14.1 Å². The standard InChI is InChI=1S/C41H29N4O/c1-44-37-20-18-28(23-38(37)45(2)41(44)46)27-13-6-14-29(21-27)35-24-36(43-40(42-35)26-9-4-3-5-10-26)30-17-19-31-32-15-7-11-25-12-8-16-33(39(25)32)34(31)22-30/h3-24,40H,1-2H3/q-1. The molecule has 7 aromatic rings. The summed E-state index contributed by atoms with van der Waals surface area (Å²) >= 11 is 0. The second kappa shape index (κ2) is 10.0. The van der Waals surface area contributed by atoms with Gasteiger partial charge in [-0.05, 0) is 79.5 Å². The van der Waals surface area contributed by atoms with Crippen LogP contribution in [0.1, 0.15) is 22.9 Å². The van der Waals surface area contributed by atoms with E-state index in [0.717, 1.165) is 50.3 Å². The smallest absolute Gasteiger partial charge is 0.328 e. The molecule has 9 rings (SSSR count). The summed E-state index contributed by atoms with van der Waals surface area (Å²) in [5.41, 5.74) is 13.9. The van der Waals surface area contributed by atoms with Crippen LogP contribution in [-0.4, -0.2) is 14.8 Å². The summed E-state index contributed by atoms with van der Waals surface area (Å²) in [6, 6.07) is 44.8. The molecule has 1 atom stereocenters. The van der Waals surface area contributed by atoms with Crippen molar-refractivity contribution in [2.75, 3.05) is 0 Å². The molecule has 0 N–H and O–H groups in total. The summed E-state index contributed by atoms with van der Waals surface area (Å²) in [6.07, 6.45) is 1.76. The highest BCUT2D eigenvalue weighted by atomic mass is 16.1. The topological polar surface area (TPSA) is 53.4 Å². The van der Waals surface area contributed by atoms with Crippen molar-refractivity contribution < 1.29 is 0 Å². The van der Waals surface area contributed by atoms with E-state index in [1.54, 1.807) is 9.13 Å². The Labute approximate surface area is 266 Å². The van der Waals surface area contributed by atoms with Gasteiger partial charge in [-0.2, -0.15) is 0 Å². The van der Waals surface area contributed by atoms with Crippen LogP contribution in [0.25, 0.3) is 66.2 Å². The largest absolute Gasteiger partial charge is 0.659 e. The van der Waals surface area contributed by atoms with Crippen LogP contribution in [0.15, 0.2) is 143 Å². The number of rotatable bonds is 4. The molecule has 5 heteroatoms. The number of hydrogen-bond donors (Lipinski definition) is 0. The maximum absolute atomic E-state index is 12.6. The lowest BCUT2D eigenvalue weighted by atomic mass is 9.96. The van der Waals surface area contributed by atoms with Gasteiger partial charge in [-0.25, -0.2) is 4.79 Å². The zero-order chi connectivity index (χ0) is 30.9. The second-order valence-electron chi connectivity index (χ2n) is 12.1. The predicted molar refractivity (Wildman–Crippen MR) is 189 cm³/mol. The van der Waals surface area contributed by atoms with Crippen LogP contribution in [0, 0.1) is 0 Å². The number of imidazole rings is 1. The molecule has 2 aliphatic rings. The lowest BCUT2D eigenvalue weighted by molar-refractivity contribution is 0.795. The van der Waals surface area contributed by atoms with Gasteiger partial charge in [-0.3, -0.25) is 14.1 Å². The Kier molecular flexibility index (Phi) is 5.78. The monoisotopic (exact) mass is 593 g/mol. The normalized spacial score (nSPS) is 15.0. The third kappa shape index (κ3) is 4.02. The van der Waals surface area contributed by atoms with Gasteiger partial charge >= 0.3 is 5.69 Å². The Bertz CT molecular complexity index is 2490. The molecule has 0 radical (unpaired) electrons. The van der Waals surface area contributed by atoms with E-state index in [1.807, 2.05) is 38.4 Å². The van der Waals surface area contributed by atoms with E-state index in [0.29, 0.717) is 0 Å². The first kappa shape index (κ1) is 26.5. The van der Waals surface area contributed by atoms with Gasteiger partial charge < -0.3 is 5.32 Å². The van der Waals surface area contributed by atoms with E-state index < -0.39 is 0 Å². The number of nitrogens with zero attached hydrogens (tertiary/aromatic N) is 4. The summed E-state index contributed by atoms with van der Waals surface area (Å²) in [5.74, 6) is 0. The molecule has 220 valence electrons. The van der Waals surface area contributed by atoms with Gasteiger partial charge in [0.25, 0.3) is 0 Å². The van der Waals surface area contributed by atoms with Gasteiger partial charge in [0, 0.05) is 25.8 Å². The zero-order valence-electron chi connectivity index (χ0n) is 25.5. The van der Waals surface area contributed by atoms with E-state index in [2.05, 4.69) is 109 Å². The molecule has 0 saturated heterocycles. The average Bonchev–Trinajstić information content (AvgIpc) is 3.55. The molecule has 1 aliphatic carbocycles. The number of aromatic nitrogens is 2. The molecule has 1 aromatic heterocycles. The van der Waals surface area contributed by atoms with Gasteiger partial charge in [0.2, 0.25) is 0 Å². The highest BCUT2D eigenvalue weighted by molar-refractivity contribution is 6.19. The molecule has 6 aromatic carbocycles. The lowest BCUT2D eigenvalue weighted by Crippen LogP contribution is -2.19. The summed E-state index contributed by atoms with van der Waals surface area (Å²) in [6.45, 7) is 0. The predicted octanol–water partition coefficient (Wildman–Crippen LogP) is 9.26. The number of benzene rings is 6. The van der Waals surface area contributed by atoms with E-state index in [-0.39, 0.29) is 11.9 Å². The summed E-state index contributed by atoms with van der Waals surface area (Å²) in [4.78, 5) is 17.7. The van der Waals surface area contributed by atoms with Crippen molar-refractivity contribution in [1.29, 1.82) is 0 Å². The van der Waals surface area contributed by atoms with Crippen molar-refractivity contribution in [2.45, 2.75) is 6.17 Å². The van der Waals surface area contributed by atoms with Gasteiger partial charge in [-0.15, -0.1) is 5.70 Å². The molecule has 0 saturated carbocycles. The molecule has 1 unspecified atom stereocenters. The van der Waals surface area contributed by atoms with E-state index in [1.165, 1.54) is 33.0 Å². The second-order valence-corrected chi connectivity index (χ2v) is 12.1. The average molecular weight is 594 g/mol. The fraction of sp³-hybridized carbons (Fsp3) is 0.0732. The first-order valence-corrected chi connectivity index (χ1v) is 15.5. The van der Waals surface area contributed by atoms with Gasteiger partial charge in [0.05, 0.1) is 16.7 Å². The highest BCUT2D eigenvalue weighted by Gasteiger charge is 2.22. The number of allylic oxidation sites excluding steroid dienone is 1. The molecule has 1 aliphatic heterocycles. The van der Waals surface area contributed by atoms with Crippen LogP contribution in [0.2, 0.25) is 0 Å². The zero-order valence-corrected chi connectivity index (χ0v) is 25.5. The van der Waals surface area contributed by atoms with Gasteiger partial charge in [0.1, 0.15) is 0 Å². The van der Waals surface area contributed by atoms with Crippen LogP contribution in [0.4, 0.5) is 0 Å². The number of aliphatic imine (C=N–C) groups is 1. The summed E-state index contributed by atoms with van der Waals surface area (Å²) in [7, 11) is 3.63. The molecule has 0 spiro atoms. The molecule has 5 nitrogen and oxygen atoms in total. The summed E-state index contributed by atoms with van der Waals surface area (Å²) in [5, 5.41) is 7.76. The number of fused-ring (bicyclic) bond motifs is 4. The Balaban J connectivity index is 1.15. The van der Waals surface area contributed by atoms with Crippen molar-refractivity contribution in [1.82, 2.24) is 9.13 Å². The Morgan fingerprint density at radius 2 is 1.28 bits per heavy atom. The van der Waals surface area contributed by atoms with Crippen LogP contribution in [0.3, 0.4) is 0 Å². The van der Waals surface area contributed by atoms with Crippen molar-refractivity contribution in [3.05, 3.63) is 166 Å². The van der Waals surface area contributed by atoms with Crippen molar-refractivity contribution >= 4 is 33.2 Å². The first-order chi connectivity index (χ1) is 22.5. The van der Waals surface area contributed by atoms with Crippen molar-refractivity contribution in [3.63, 3.8) is 0 Å². The third-order valence-electron chi connectivity index (χ3n) is 9.46. The molecular formula is C41H29N4O-. The van der Waals surface area contributed by atoms with E-state index >= 15 is 0 Å². The fourth-order valence-electron chi connectivity index (χ4n) is 7.08. The van der Waals surface area contributed by atoms with Gasteiger partial charge in [-0.1, -0.05) is 109 Å². The van der Waals surface area contributed by atoms with Crippen molar-refractivity contribution in [3.8, 4) is 33.4 Å². The molecular weight excluding hydrogens is 564 g/mol. The minimum Gasteiger partial charge on any atom is -0.659 e. The third-order valence-corrected chi connectivity index (χ3v) is 9.46. The maximum atomic E-state index is 12.6. The maximum Gasteiger partial charge on any atom is 0.328 e. The van der Waals surface area contributed by atoms with Crippen LogP contribution in [0.5, 0.6) is 0 Å². The molecule has 2 heterocycles. The Morgan fingerprint density at radius 1 is 0.587 bits per heavy atom. The highest BCUT2D eigenvalue weighted by Crippen LogP contribution is 2.48.